The predicted octanol–water partition coefficient (Wildman–Crippen LogP) is 2.35. The van der Waals surface area contributed by atoms with Gasteiger partial charge in [-0.1, -0.05) is 19.1 Å². The van der Waals surface area contributed by atoms with E-state index in [1.165, 1.54) is 0 Å². The van der Waals surface area contributed by atoms with E-state index in [0.717, 1.165) is 22.7 Å². The van der Waals surface area contributed by atoms with E-state index >= 15 is 0 Å². The molecule has 2 N–H and O–H groups in total. The highest BCUT2D eigenvalue weighted by Gasteiger charge is 2.21. The number of hydrazone groups is 2. The first-order chi connectivity index (χ1) is 9.06. The minimum absolute atomic E-state index is 0.0257. The van der Waals surface area contributed by atoms with Crippen LogP contribution in [0.15, 0.2) is 34.5 Å². The third kappa shape index (κ3) is 3.40. The molecule has 1 atom stereocenters. The summed E-state index contributed by atoms with van der Waals surface area (Å²) < 4.78 is 0. The molecule has 0 aromatic heterocycles. The molecule has 0 saturated heterocycles. The van der Waals surface area contributed by atoms with Crippen LogP contribution < -0.4 is 10.9 Å². The van der Waals surface area contributed by atoms with Gasteiger partial charge in [0, 0.05) is 18.1 Å². The number of amides is 1. The van der Waals surface area contributed by atoms with Gasteiger partial charge in [-0.3, -0.25) is 10.2 Å². The number of carbonyl (C=O) groups is 1. The molecule has 2 rings (SSSR count). The minimum Gasteiger partial charge on any atom is -0.279 e. The highest BCUT2D eigenvalue weighted by atomic mass is 16.2. The SMILES string of the molecule is CC(C)=NNc1ccc(C2=NNC(=O)CC2C)cc1. The molecular weight excluding hydrogens is 240 g/mol. The van der Waals surface area contributed by atoms with Crippen LogP contribution in [0.3, 0.4) is 0 Å². The Hall–Kier alpha value is -2.17. The first-order valence-corrected chi connectivity index (χ1v) is 6.30. The van der Waals surface area contributed by atoms with Crippen molar-refractivity contribution in [2.45, 2.75) is 27.2 Å². The number of rotatable bonds is 3. The van der Waals surface area contributed by atoms with Crippen molar-refractivity contribution in [3.63, 3.8) is 0 Å². The van der Waals surface area contributed by atoms with Crippen molar-refractivity contribution in [1.82, 2.24) is 5.43 Å². The molecule has 100 valence electrons. The molecule has 0 saturated carbocycles. The van der Waals surface area contributed by atoms with E-state index in [4.69, 9.17) is 0 Å². The molecule has 19 heavy (non-hydrogen) atoms. The maximum atomic E-state index is 11.2. The largest absolute Gasteiger partial charge is 0.279 e. The maximum Gasteiger partial charge on any atom is 0.240 e. The van der Waals surface area contributed by atoms with E-state index in [1.807, 2.05) is 45.0 Å². The molecule has 0 fully saturated rings. The lowest BCUT2D eigenvalue weighted by Crippen LogP contribution is -2.31. The number of nitrogens with one attached hydrogen (secondary N) is 2. The van der Waals surface area contributed by atoms with Gasteiger partial charge in [-0.25, -0.2) is 5.43 Å². The van der Waals surface area contributed by atoms with E-state index < -0.39 is 0 Å². The Balaban J connectivity index is 2.14. The molecule has 5 heteroatoms. The molecule has 0 bridgehead atoms. The summed E-state index contributed by atoms with van der Waals surface area (Å²) >= 11 is 0. The van der Waals surface area contributed by atoms with E-state index in [9.17, 15) is 4.79 Å². The summed E-state index contributed by atoms with van der Waals surface area (Å²) in [5, 5.41) is 8.28. The van der Waals surface area contributed by atoms with Gasteiger partial charge >= 0.3 is 0 Å². The van der Waals surface area contributed by atoms with Gasteiger partial charge in [0.25, 0.3) is 0 Å². The first kappa shape index (κ1) is 13.3. The minimum atomic E-state index is -0.0257. The number of hydrogen-bond acceptors (Lipinski definition) is 4. The van der Waals surface area contributed by atoms with Crippen LogP contribution in [0.5, 0.6) is 0 Å². The van der Waals surface area contributed by atoms with Crippen LogP contribution >= 0.6 is 0 Å². The Morgan fingerprint density at radius 2 is 2.05 bits per heavy atom. The standard InChI is InChI=1S/C14H18N4O/c1-9(2)15-16-12-6-4-11(5-7-12)14-10(3)8-13(19)17-18-14/h4-7,10,16H,8H2,1-3H3,(H,17,19). The fourth-order valence-corrected chi connectivity index (χ4v) is 1.89. The van der Waals surface area contributed by atoms with Crippen molar-refractivity contribution < 1.29 is 4.79 Å². The van der Waals surface area contributed by atoms with Crippen molar-refractivity contribution in [3.05, 3.63) is 29.8 Å². The second kappa shape index (κ2) is 5.65. The van der Waals surface area contributed by atoms with Crippen molar-refractivity contribution >= 4 is 23.0 Å². The predicted molar refractivity (Wildman–Crippen MR) is 77.3 cm³/mol. The molecule has 1 unspecified atom stereocenters. The van der Waals surface area contributed by atoms with Crippen molar-refractivity contribution in [1.29, 1.82) is 0 Å². The van der Waals surface area contributed by atoms with Crippen LogP contribution in [-0.4, -0.2) is 17.3 Å². The summed E-state index contributed by atoms with van der Waals surface area (Å²) in [5.74, 6) is 0.116. The normalized spacial score (nSPS) is 18.4. The lowest BCUT2D eigenvalue weighted by Gasteiger charge is -2.19. The molecule has 0 spiro atoms. The van der Waals surface area contributed by atoms with Crippen molar-refractivity contribution in [3.8, 4) is 0 Å². The highest BCUT2D eigenvalue weighted by molar-refractivity contribution is 6.05. The number of carbonyl (C=O) groups excluding carboxylic acids is 1. The van der Waals surface area contributed by atoms with Crippen LogP contribution in [-0.2, 0) is 4.79 Å². The molecule has 1 aromatic carbocycles. The Kier molecular flexibility index (Phi) is 3.94. The zero-order valence-corrected chi connectivity index (χ0v) is 11.4. The fourth-order valence-electron chi connectivity index (χ4n) is 1.89. The molecule has 1 aliphatic heterocycles. The smallest absolute Gasteiger partial charge is 0.240 e. The van der Waals surface area contributed by atoms with Gasteiger partial charge in [0.1, 0.15) is 0 Å². The Morgan fingerprint density at radius 3 is 2.63 bits per heavy atom. The highest BCUT2D eigenvalue weighted by Crippen LogP contribution is 2.18. The van der Waals surface area contributed by atoms with Crippen molar-refractivity contribution in [2.24, 2.45) is 16.1 Å². The lowest BCUT2D eigenvalue weighted by molar-refractivity contribution is -0.121. The molecule has 0 radical (unpaired) electrons. The number of nitrogens with zero attached hydrogens (tertiary/aromatic N) is 2. The fraction of sp³-hybridized carbons (Fsp3) is 0.357. The summed E-state index contributed by atoms with van der Waals surface area (Å²) in [6.45, 7) is 5.87. The van der Waals surface area contributed by atoms with Crippen LogP contribution in [0, 0.1) is 5.92 Å². The third-order valence-corrected chi connectivity index (χ3v) is 2.85. The molecule has 1 amide bonds. The summed E-state index contributed by atoms with van der Waals surface area (Å²) in [6, 6.07) is 7.87. The second-order valence-electron chi connectivity index (χ2n) is 4.89. The zero-order chi connectivity index (χ0) is 13.8. The number of benzene rings is 1. The molecule has 5 nitrogen and oxygen atoms in total. The van der Waals surface area contributed by atoms with Crippen LogP contribution in [0.1, 0.15) is 32.8 Å². The topological polar surface area (TPSA) is 65.8 Å². The molecule has 1 aliphatic rings. The monoisotopic (exact) mass is 258 g/mol. The lowest BCUT2D eigenvalue weighted by atomic mass is 9.94. The molecular formula is C14H18N4O. The van der Waals surface area contributed by atoms with E-state index in [1.54, 1.807) is 0 Å². The summed E-state index contributed by atoms with van der Waals surface area (Å²) in [7, 11) is 0. The van der Waals surface area contributed by atoms with Gasteiger partial charge in [0.15, 0.2) is 0 Å². The van der Waals surface area contributed by atoms with Crippen molar-refractivity contribution in [2.75, 3.05) is 5.43 Å². The zero-order valence-electron chi connectivity index (χ0n) is 11.4. The van der Waals surface area contributed by atoms with Gasteiger partial charge in [-0.15, -0.1) is 0 Å². The van der Waals surface area contributed by atoms with Crippen LogP contribution in [0.25, 0.3) is 0 Å². The van der Waals surface area contributed by atoms with E-state index in [0.29, 0.717) is 6.42 Å². The maximum absolute atomic E-state index is 11.2. The van der Waals surface area contributed by atoms with Crippen LogP contribution in [0.2, 0.25) is 0 Å². The number of hydrogen-bond donors (Lipinski definition) is 2. The molecule has 1 heterocycles. The molecule has 1 aromatic rings. The summed E-state index contributed by atoms with van der Waals surface area (Å²) in [6.07, 6.45) is 0.484. The van der Waals surface area contributed by atoms with Gasteiger partial charge in [0.05, 0.1) is 11.4 Å². The Morgan fingerprint density at radius 1 is 1.37 bits per heavy atom. The summed E-state index contributed by atoms with van der Waals surface area (Å²) in [5.41, 5.74) is 9.34. The Labute approximate surface area is 112 Å². The average molecular weight is 258 g/mol. The van der Waals surface area contributed by atoms with Crippen LogP contribution in [0.4, 0.5) is 5.69 Å². The van der Waals surface area contributed by atoms with E-state index in [2.05, 4.69) is 21.1 Å². The van der Waals surface area contributed by atoms with Gasteiger partial charge in [0.2, 0.25) is 5.91 Å². The van der Waals surface area contributed by atoms with Gasteiger partial charge < -0.3 is 0 Å². The number of anilines is 1. The Bertz CT molecular complexity index is 527. The average Bonchev–Trinajstić information content (AvgIpc) is 2.37. The quantitative estimate of drug-likeness (QED) is 0.645. The molecule has 0 aliphatic carbocycles. The summed E-state index contributed by atoms with van der Waals surface area (Å²) in [4.78, 5) is 11.2. The third-order valence-electron chi connectivity index (χ3n) is 2.85. The van der Waals surface area contributed by atoms with E-state index in [-0.39, 0.29) is 11.8 Å². The van der Waals surface area contributed by atoms with Gasteiger partial charge in [-0.05, 0) is 31.5 Å². The van der Waals surface area contributed by atoms with Gasteiger partial charge in [-0.2, -0.15) is 10.2 Å². The first-order valence-electron chi connectivity index (χ1n) is 6.30. The second-order valence-corrected chi connectivity index (χ2v) is 4.89.